The monoisotopic (exact) mass is 951 g/mol. The Morgan fingerprint density at radius 1 is 0.833 bits per heavy atom. The number of para-hydroxylation sites is 1. The molecule has 4 heterocycles. The summed E-state index contributed by atoms with van der Waals surface area (Å²) in [6.45, 7) is 8.91. The van der Waals surface area contributed by atoms with Crippen LogP contribution in [0.2, 0.25) is 0 Å². The van der Waals surface area contributed by atoms with Crippen LogP contribution in [0.4, 0.5) is 21.0 Å². The number of alkyl carbamates (subject to hydrolysis) is 1. The number of hydrogen-bond acceptors (Lipinski definition) is 9. The van der Waals surface area contributed by atoms with E-state index < -0.39 is 41.3 Å². The van der Waals surface area contributed by atoms with E-state index >= 15 is 0 Å². The fourth-order valence-electron chi connectivity index (χ4n) is 7.99. The van der Waals surface area contributed by atoms with Gasteiger partial charge in [-0.2, -0.15) is 0 Å². The van der Waals surface area contributed by atoms with Crippen LogP contribution < -0.4 is 31.1 Å². The Kier molecular flexibility index (Phi) is 15.0. The number of unbranched alkanes of at least 4 members (excludes halogenated alkanes) is 1. The third-order valence-electron chi connectivity index (χ3n) is 11.1. The summed E-state index contributed by atoms with van der Waals surface area (Å²) in [6, 6.07) is 17.0. The van der Waals surface area contributed by atoms with E-state index in [-0.39, 0.29) is 18.2 Å². The largest absolute Gasteiger partial charge is 0.444 e. The number of carbonyl (C=O) groups excluding carboxylic acids is 5. The third-order valence-corrected chi connectivity index (χ3v) is 12.0. The molecule has 0 radical (unpaired) electrons. The summed E-state index contributed by atoms with van der Waals surface area (Å²) in [5.74, 6) is -0.745. The molecule has 3 aliphatic rings. The summed E-state index contributed by atoms with van der Waals surface area (Å²) in [5, 5.41) is 11.8. The van der Waals surface area contributed by atoms with Gasteiger partial charge in [0.05, 0.1) is 6.67 Å². The highest BCUT2D eigenvalue weighted by atomic mass is 79.9. The molecule has 3 fully saturated rings. The second-order valence-electron chi connectivity index (χ2n) is 16.4. The topological polar surface area (TPSA) is 169 Å². The van der Waals surface area contributed by atoms with Gasteiger partial charge < -0.3 is 45.6 Å². The number of anilines is 2. The first-order valence-electron chi connectivity index (χ1n) is 20.5. The van der Waals surface area contributed by atoms with E-state index in [1.807, 2.05) is 60.7 Å². The molecule has 3 aromatic rings. The number of halogens is 2. The number of piperidine rings is 1. The molecule has 2 atom stereocenters. The van der Waals surface area contributed by atoms with Crippen LogP contribution in [0.3, 0.4) is 0 Å². The van der Waals surface area contributed by atoms with Crippen molar-refractivity contribution in [2.24, 2.45) is 0 Å². The Hall–Kier alpha value is -4.90. The van der Waals surface area contributed by atoms with Crippen LogP contribution in [0.15, 0.2) is 82.0 Å². The Morgan fingerprint density at radius 3 is 2.15 bits per heavy atom. The maximum Gasteiger partial charge on any atom is 0.407 e. The molecule has 1 unspecified atom stereocenters. The number of benzene rings is 2. The highest BCUT2D eigenvalue weighted by Gasteiger charge is 2.51. The van der Waals surface area contributed by atoms with Crippen molar-refractivity contribution in [3.63, 3.8) is 0 Å². The molecule has 0 aliphatic carbocycles. The summed E-state index contributed by atoms with van der Waals surface area (Å²) >= 11 is 7.08. The van der Waals surface area contributed by atoms with Crippen LogP contribution in [0.25, 0.3) is 0 Å². The molecule has 2 aromatic carbocycles. The van der Waals surface area contributed by atoms with Gasteiger partial charge >= 0.3 is 12.1 Å². The van der Waals surface area contributed by atoms with E-state index in [0.29, 0.717) is 84.6 Å². The van der Waals surface area contributed by atoms with Crippen molar-refractivity contribution in [2.45, 2.75) is 82.5 Å². The first-order valence-corrected chi connectivity index (χ1v) is 22.1. The number of urea groups is 1. The number of amides is 6. The minimum absolute atomic E-state index is 0.0565. The lowest BCUT2D eigenvalue weighted by Crippen LogP contribution is -2.61. The van der Waals surface area contributed by atoms with Crippen molar-refractivity contribution in [3.05, 3.63) is 87.6 Å². The lowest BCUT2D eigenvalue weighted by molar-refractivity contribution is -0.137. The SMILES string of the molecule is CC(C)(C)OC(=O)NCCCC[C@H](NC(=O)C(Cc1cc(Br)cc(Br)c1)NC(=O)N1CCC2(CC1)C(=O)NCN2c1ccccc1)C(=O)N1CCN(c2ccncc2)CC1. The van der Waals surface area contributed by atoms with Crippen LogP contribution in [0.5, 0.6) is 0 Å². The average molecular weight is 954 g/mol. The van der Waals surface area contributed by atoms with Crippen LogP contribution in [0.1, 0.15) is 58.4 Å². The molecule has 1 spiro atoms. The number of aromatic nitrogens is 1. The average Bonchev–Trinajstić information content (AvgIpc) is 3.53. The first kappa shape index (κ1) is 44.6. The Balaban J connectivity index is 1.15. The summed E-state index contributed by atoms with van der Waals surface area (Å²) in [4.78, 5) is 80.1. The van der Waals surface area contributed by atoms with Crippen LogP contribution in [0, 0.1) is 0 Å². The van der Waals surface area contributed by atoms with Crippen molar-refractivity contribution in [1.82, 2.24) is 36.1 Å². The smallest absolute Gasteiger partial charge is 0.407 e. The number of likely N-dealkylation sites (tertiary alicyclic amines) is 1. The summed E-state index contributed by atoms with van der Waals surface area (Å²) in [7, 11) is 0. The van der Waals surface area contributed by atoms with E-state index in [9.17, 15) is 24.0 Å². The Labute approximate surface area is 368 Å². The minimum atomic E-state index is -1.03. The fourth-order valence-corrected chi connectivity index (χ4v) is 9.38. The van der Waals surface area contributed by atoms with E-state index in [4.69, 9.17) is 4.74 Å². The summed E-state index contributed by atoms with van der Waals surface area (Å²) < 4.78 is 6.96. The Morgan fingerprint density at radius 2 is 1.50 bits per heavy atom. The molecule has 15 nitrogen and oxygen atoms in total. The molecule has 0 saturated carbocycles. The zero-order valence-corrected chi connectivity index (χ0v) is 37.6. The molecule has 1 aromatic heterocycles. The van der Waals surface area contributed by atoms with Crippen molar-refractivity contribution < 1.29 is 28.7 Å². The van der Waals surface area contributed by atoms with Gasteiger partial charge in [0.15, 0.2) is 0 Å². The maximum atomic E-state index is 14.4. The molecule has 3 aliphatic heterocycles. The highest BCUT2D eigenvalue weighted by Crippen LogP contribution is 2.36. The van der Waals surface area contributed by atoms with E-state index in [1.165, 1.54) is 0 Å². The van der Waals surface area contributed by atoms with E-state index in [2.05, 4.69) is 67.9 Å². The number of carbonyl (C=O) groups is 5. The molecule has 322 valence electrons. The fraction of sp³-hybridized carbons (Fsp3) is 0.488. The maximum absolute atomic E-state index is 14.4. The normalized spacial score (nSPS) is 17.4. The van der Waals surface area contributed by atoms with Crippen molar-refractivity contribution in [3.8, 4) is 0 Å². The third kappa shape index (κ3) is 11.7. The Bertz CT molecular complexity index is 1950. The minimum Gasteiger partial charge on any atom is -0.444 e. The standard InChI is InChI=1S/C43H55Br2N9O6/c1-42(2,3)60-41(59)47-16-8-7-11-35(38(56)52-23-21-51(22-24-52)33-12-17-46-18-13-33)49-37(55)36(27-30-25-31(44)28-32(45)26-30)50-40(58)53-19-14-43(15-20-53)39(57)48-29-54(43)34-9-5-4-6-10-34/h4-6,9-10,12-13,17-18,25-26,28,35-36H,7-8,11,14-16,19-24,27,29H2,1-3H3,(H,47,59)(H,48,57)(H,49,55)(H,50,58)/t35-,36?/m0/s1. The zero-order valence-electron chi connectivity index (χ0n) is 34.4. The molecule has 4 N–H and O–H groups in total. The van der Waals surface area contributed by atoms with E-state index in [0.717, 1.165) is 25.9 Å². The number of nitrogens with zero attached hydrogens (tertiary/aromatic N) is 5. The van der Waals surface area contributed by atoms with Gasteiger partial charge in [-0.3, -0.25) is 19.4 Å². The van der Waals surface area contributed by atoms with Crippen molar-refractivity contribution in [1.29, 1.82) is 0 Å². The van der Waals surface area contributed by atoms with Gasteiger partial charge in [-0.15, -0.1) is 0 Å². The number of rotatable bonds is 13. The van der Waals surface area contributed by atoms with Gasteiger partial charge in [-0.1, -0.05) is 50.1 Å². The van der Waals surface area contributed by atoms with Gasteiger partial charge in [0, 0.05) is 84.9 Å². The second-order valence-corrected chi connectivity index (χ2v) is 18.3. The van der Waals surface area contributed by atoms with Crippen molar-refractivity contribution >= 4 is 73.1 Å². The first-order chi connectivity index (χ1) is 28.7. The highest BCUT2D eigenvalue weighted by molar-refractivity contribution is 9.11. The quantitative estimate of drug-likeness (QED) is 0.169. The molecular formula is C43H55Br2N9O6. The number of hydrogen-bond donors (Lipinski definition) is 4. The molecular weight excluding hydrogens is 898 g/mol. The lowest BCUT2D eigenvalue weighted by Gasteiger charge is -2.43. The van der Waals surface area contributed by atoms with Crippen LogP contribution >= 0.6 is 31.9 Å². The second kappa shape index (κ2) is 20.1. The molecule has 6 rings (SSSR count). The number of nitrogens with one attached hydrogen (secondary N) is 4. The van der Waals surface area contributed by atoms with Crippen LogP contribution in [-0.2, 0) is 25.5 Å². The summed E-state index contributed by atoms with van der Waals surface area (Å²) in [6.07, 6.45) is 5.37. The molecule has 0 bridgehead atoms. The van der Waals surface area contributed by atoms with Gasteiger partial charge in [0.1, 0.15) is 23.2 Å². The number of piperazine rings is 1. The molecule has 6 amide bonds. The van der Waals surface area contributed by atoms with Crippen molar-refractivity contribution in [2.75, 3.05) is 62.3 Å². The molecule has 3 saturated heterocycles. The van der Waals surface area contributed by atoms with Gasteiger partial charge in [0.2, 0.25) is 17.7 Å². The van der Waals surface area contributed by atoms with Gasteiger partial charge in [0.25, 0.3) is 0 Å². The van der Waals surface area contributed by atoms with E-state index in [1.54, 1.807) is 43.0 Å². The predicted molar refractivity (Wildman–Crippen MR) is 236 cm³/mol. The molecule has 60 heavy (non-hydrogen) atoms. The zero-order chi connectivity index (χ0) is 42.9. The number of pyridine rings is 1. The molecule has 17 heteroatoms. The lowest BCUT2D eigenvalue weighted by atomic mass is 9.85. The summed E-state index contributed by atoms with van der Waals surface area (Å²) in [5.41, 5.74) is 1.35. The van der Waals surface area contributed by atoms with Gasteiger partial charge in [-0.25, -0.2) is 9.59 Å². The predicted octanol–water partition coefficient (Wildman–Crippen LogP) is 5.18. The van der Waals surface area contributed by atoms with Gasteiger partial charge in [-0.05, 0) is 101 Å². The number of ether oxygens (including phenoxy) is 1. The van der Waals surface area contributed by atoms with Crippen LogP contribution in [-0.4, -0.2) is 120 Å².